The van der Waals surface area contributed by atoms with E-state index in [1.807, 2.05) is 0 Å². The van der Waals surface area contributed by atoms with Gasteiger partial charge < -0.3 is 5.32 Å². The molecular formula is C14H29N. The Kier molecular flexibility index (Phi) is 5.66. The molecule has 4 unspecified atom stereocenters. The van der Waals surface area contributed by atoms with Crippen LogP contribution in [0.15, 0.2) is 0 Å². The Balaban J connectivity index is 2.32. The van der Waals surface area contributed by atoms with Crippen LogP contribution in [-0.2, 0) is 0 Å². The standard InChI is InChI=1S/C14H29N/c1-5-11(3)10-13(6-2)15-14-9-7-8-12(14)4/h11-15H,5-10H2,1-4H3. The third-order valence-corrected chi connectivity index (χ3v) is 4.19. The summed E-state index contributed by atoms with van der Waals surface area (Å²) < 4.78 is 0. The molecule has 1 saturated carbocycles. The van der Waals surface area contributed by atoms with E-state index in [-0.39, 0.29) is 0 Å². The van der Waals surface area contributed by atoms with Gasteiger partial charge in [0.1, 0.15) is 0 Å². The van der Waals surface area contributed by atoms with Gasteiger partial charge in [0.25, 0.3) is 0 Å². The molecule has 0 amide bonds. The van der Waals surface area contributed by atoms with Crippen LogP contribution in [-0.4, -0.2) is 12.1 Å². The van der Waals surface area contributed by atoms with Gasteiger partial charge in [-0.3, -0.25) is 0 Å². The van der Waals surface area contributed by atoms with Gasteiger partial charge in [0, 0.05) is 12.1 Å². The summed E-state index contributed by atoms with van der Waals surface area (Å²) in [6.45, 7) is 9.40. The van der Waals surface area contributed by atoms with E-state index in [0.717, 1.165) is 23.9 Å². The fourth-order valence-electron chi connectivity index (χ4n) is 2.70. The lowest BCUT2D eigenvalue weighted by molar-refractivity contribution is 0.319. The Hall–Kier alpha value is -0.0400. The highest BCUT2D eigenvalue weighted by Crippen LogP contribution is 2.26. The maximum atomic E-state index is 3.88. The van der Waals surface area contributed by atoms with Crippen molar-refractivity contribution in [3.05, 3.63) is 0 Å². The first-order valence-electron chi connectivity index (χ1n) is 6.93. The monoisotopic (exact) mass is 211 g/mol. The lowest BCUT2D eigenvalue weighted by Crippen LogP contribution is -2.40. The molecule has 1 heteroatoms. The van der Waals surface area contributed by atoms with Crippen molar-refractivity contribution in [2.24, 2.45) is 11.8 Å². The van der Waals surface area contributed by atoms with Gasteiger partial charge in [0.05, 0.1) is 0 Å². The summed E-state index contributed by atoms with van der Waals surface area (Å²) in [6, 6.07) is 1.56. The van der Waals surface area contributed by atoms with E-state index in [1.165, 1.54) is 38.5 Å². The average molecular weight is 211 g/mol. The normalized spacial score (nSPS) is 30.4. The maximum absolute atomic E-state index is 3.88. The molecule has 1 N–H and O–H groups in total. The highest BCUT2D eigenvalue weighted by atomic mass is 15.0. The van der Waals surface area contributed by atoms with E-state index >= 15 is 0 Å². The first kappa shape index (κ1) is 13.0. The van der Waals surface area contributed by atoms with Crippen LogP contribution in [0.5, 0.6) is 0 Å². The third kappa shape index (κ3) is 4.14. The van der Waals surface area contributed by atoms with Gasteiger partial charge in [0.2, 0.25) is 0 Å². The van der Waals surface area contributed by atoms with Crippen LogP contribution in [0.1, 0.15) is 66.2 Å². The van der Waals surface area contributed by atoms with E-state index < -0.39 is 0 Å². The van der Waals surface area contributed by atoms with Gasteiger partial charge in [0.15, 0.2) is 0 Å². The molecule has 1 rings (SSSR count). The van der Waals surface area contributed by atoms with E-state index in [9.17, 15) is 0 Å². The second-order valence-corrected chi connectivity index (χ2v) is 5.54. The zero-order chi connectivity index (χ0) is 11.3. The van der Waals surface area contributed by atoms with Gasteiger partial charge in [-0.25, -0.2) is 0 Å². The molecule has 1 fully saturated rings. The molecule has 1 nitrogen and oxygen atoms in total. The molecule has 0 aromatic heterocycles. The van der Waals surface area contributed by atoms with Crippen LogP contribution in [0.25, 0.3) is 0 Å². The molecule has 90 valence electrons. The highest BCUT2D eigenvalue weighted by Gasteiger charge is 2.25. The minimum Gasteiger partial charge on any atom is -0.311 e. The SMILES string of the molecule is CCC(C)CC(CC)NC1CCCC1C. The lowest BCUT2D eigenvalue weighted by atomic mass is 9.96. The maximum Gasteiger partial charge on any atom is 0.00952 e. The second kappa shape index (κ2) is 6.52. The minimum atomic E-state index is 0.755. The molecule has 0 saturated heterocycles. The van der Waals surface area contributed by atoms with Crippen molar-refractivity contribution in [1.29, 1.82) is 0 Å². The molecule has 0 radical (unpaired) electrons. The molecular weight excluding hydrogens is 182 g/mol. The molecule has 1 aliphatic rings. The van der Waals surface area contributed by atoms with Crippen molar-refractivity contribution in [3.8, 4) is 0 Å². The van der Waals surface area contributed by atoms with E-state index in [1.54, 1.807) is 0 Å². The third-order valence-electron chi connectivity index (χ3n) is 4.19. The summed E-state index contributed by atoms with van der Waals surface area (Å²) in [5.41, 5.74) is 0. The smallest absolute Gasteiger partial charge is 0.00952 e. The largest absolute Gasteiger partial charge is 0.311 e. The van der Waals surface area contributed by atoms with Crippen molar-refractivity contribution in [2.75, 3.05) is 0 Å². The average Bonchev–Trinajstić information content (AvgIpc) is 2.63. The zero-order valence-corrected chi connectivity index (χ0v) is 11.1. The van der Waals surface area contributed by atoms with E-state index in [0.29, 0.717) is 0 Å². The fourth-order valence-corrected chi connectivity index (χ4v) is 2.70. The van der Waals surface area contributed by atoms with E-state index in [4.69, 9.17) is 0 Å². The fraction of sp³-hybridized carbons (Fsp3) is 1.00. The highest BCUT2D eigenvalue weighted by molar-refractivity contribution is 4.83. The first-order valence-corrected chi connectivity index (χ1v) is 6.93. The first-order chi connectivity index (χ1) is 7.17. The number of nitrogens with one attached hydrogen (secondary N) is 1. The van der Waals surface area contributed by atoms with Crippen LogP contribution in [0, 0.1) is 11.8 Å². The van der Waals surface area contributed by atoms with Crippen molar-refractivity contribution in [2.45, 2.75) is 78.3 Å². The predicted octanol–water partition coefficient (Wildman–Crippen LogP) is 3.98. The van der Waals surface area contributed by atoms with Gasteiger partial charge in [-0.05, 0) is 37.5 Å². The van der Waals surface area contributed by atoms with E-state index in [2.05, 4.69) is 33.0 Å². The van der Waals surface area contributed by atoms with Crippen molar-refractivity contribution in [1.82, 2.24) is 5.32 Å². The van der Waals surface area contributed by atoms with Gasteiger partial charge in [-0.2, -0.15) is 0 Å². The number of rotatable bonds is 6. The van der Waals surface area contributed by atoms with Gasteiger partial charge >= 0.3 is 0 Å². The molecule has 0 bridgehead atoms. The molecule has 1 aliphatic carbocycles. The molecule has 0 aromatic rings. The van der Waals surface area contributed by atoms with Crippen molar-refractivity contribution in [3.63, 3.8) is 0 Å². The summed E-state index contributed by atoms with van der Waals surface area (Å²) in [5.74, 6) is 1.77. The summed E-state index contributed by atoms with van der Waals surface area (Å²) >= 11 is 0. The van der Waals surface area contributed by atoms with Crippen LogP contribution in [0.3, 0.4) is 0 Å². The van der Waals surface area contributed by atoms with Crippen LogP contribution in [0.2, 0.25) is 0 Å². The summed E-state index contributed by atoms with van der Waals surface area (Å²) in [6.07, 6.45) is 8.22. The summed E-state index contributed by atoms with van der Waals surface area (Å²) in [5, 5.41) is 3.88. The van der Waals surface area contributed by atoms with Crippen molar-refractivity contribution < 1.29 is 0 Å². The molecule has 0 spiro atoms. The zero-order valence-electron chi connectivity index (χ0n) is 11.1. The molecule has 15 heavy (non-hydrogen) atoms. The van der Waals surface area contributed by atoms with Crippen LogP contribution in [0.4, 0.5) is 0 Å². The summed E-state index contributed by atoms with van der Waals surface area (Å²) in [7, 11) is 0. The number of hydrogen-bond donors (Lipinski definition) is 1. The van der Waals surface area contributed by atoms with Gasteiger partial charge in [-0.1, -0.05) is 40.5 Å². The Bertz CT molecular complexity index is 167. The molecule has 0 heterocycles. The van der Waals surface area contributed by atoms with Crippen LogP contribution < -0.4 is 5.32 Å². The number of hydrogen-bond acceptors (Lipinski definition) is 1. The molecule has 0 aliphatic heterocycles. The Morgan fingerprint density at radius 2 is 1.93 bits per heavy atom. The predicted molar refractivity (Wildman–Crippen MR) is 68.1 cm³/mol. The minimum absolute atomic E-state index is 0.755. The molecule has 0 aromatic carbocycles. The quantitative estimate of drug-likeness (QED) is 0.701. The Labute approximate surface area is 96.0 Å². The van der Waals surface area contributed by atoms with Gasteiger partial charge in [-0.15, -0.1) is 0 Å². The lowest BCUT2D eigenvalue weighted by Gasteiger charge is -2.26. The molecule has 4 atom stereocenters. The van der Waals surface area contributed by atoms with Crippen molar-refractivity contribution >= 4 is 0 Å². The summed E-state index contributed by atoms with van der Waals surface area (Å²) in [4.78, 5) is 0. The topological polar surface area (TPSA) is 12.0 Å². The Morgan fingerprint density at radius 1 is 1.20 bits per heavy atom. The second-order valence-electron chi connectivity index (χ2n) is 5.54. The van der Waals surface area contributed by atoms with Crippen LogP contribution >= 0.6 is 0 Å². The Morgan fingerprint density at radius 3 is 2.40 bits per heavy atom.